The molecule has 2 rings (SSSR count). The molecule has 2 heterocycles. The maximum atomic E-state index is 8.88. The van der Waals surface area contributed by atoms with Crippen molar-refractivity contribution in [3.05, 3.63) is 0 Å². The average Bonchev–Trinajstić information content (AvgIpc) is 2.03. The predicted molar refractivity (Wildman–Crippen MR) is 52.7 cm³/mol. The highest BCUT2D eigenvalue weighted by Gasteiger charge is 2.43. The van der Waals surface area contributed by atoms with Gasteiger partial charge in [-0.05, 0) is 26.4 Å². The van der Waals surface area contributed by atoms with Crippen molar-refractivity contribution in [1.82, 2.24) is 9.80 Å². The first-order valence-electron chi connectivity index (χ1n) is 5.26. The number of hydrogen-bond acceptors (Lipinski definition) is 3. The quantitative estimate of drug-likeness (QED) is 0.655. The van der Waals surface area contributed by atoms with Gasteiger partial charge >= 0.3 is 0 Å². The van der Waals surface area contributed by atoms with Gasteiger partial charge in [-0.2, -0.15) is 0 Å². The van der Waals surface area contributed by atoms with Gasteiger partial charge in [0.05, 0.1) is 6.61 Å². The van der Waals surface area contributed by atoms with Crippen LogP contribution in [0.1, 0.15) is 12.8 Å². The first-order valence-corrected chi connectivity index (χ1v) is 5.26. The van der Waals surface area contributed by atoms with Crippen LogP contribution in [0.3, 0.4) is 0 Å². The number of nitrogens with zero attached hydrogens (tertiary/aromatic N) is 2. The zero-order valence-electron chi connectivity index (χ0n) is 8.50. The topological polar surface area (TPSA) is 26.7 Å². The minimum atomic E-state index is 0.311. The highest BCUT2D eigenvalue weighted by atomic mass is 16.3. The zero-order chi connectivity index (χ0) is 9.31. The van der Waals surface area contributed by atoms with E-state index >= 15 is 0 Å². The van der Waals surface area contributed by atoms with E-state index in [2.05, 4.69) is 16.8 Å². The molecular formula is C10H20N2O. The van der Waals surface area contributed by atoms with Crippen molar-refractivity contribution in [2.24, 2.45) is 5.41 Å². The van der Waals surface area contributed by atoms with Crippen molar-refractivity contribution >= 4 is 0 Å². The summed E-state index contributed by atoms with van der Waals surface area (Å²) in [5.41, 5.74) is 0.585. The maximum Gasteiger partial charge on any atom is 0.0558 e. The fourth-order valence-corrected chi connectivity index (χ4v) is 3.00. The Bertz CT molecular complexity index is 170. The molecule has 0 aromatic rings. The molecule has 0 radical (unpaired) electrons. The van der Waals surface area contributed by atoms with Crippen LogP contribution in [0.2, 0.25) is 0 Å². The van der Waals surface area contributed by atoms with Crippen LogP contribution in [0.5, 0.6) is 0 Å². The summed E-state index contributed by atoms with van der Waals surface area (Å²) >= 11 is 0. The molecule has 1 N–H and O–H groups in total. The minimum absolute atomic E-state index is 0.311. The molecule has 3 nitrogen and oxygen atoms in total. The standard InChI is InChI=1S/C10H20N2O/c1-11-7-10(8-11)3-2-4-12(9-10)5-6-13/h13H,2-9H2,1H3. The Morgan fingerprint density at radius 2 is 2.08 bits per heavy atom. The second kappa shape index (κ2) is 3.56. The fraction of sp³-hybridized carbons (Fsp3) is 1.00. The van der Waals surface area contributed by atoms with Gasteiger partial charge in [-0.1, -0.05) is 0 Å². The van der Waals surface area contributed by atoms with E-state index in [0.717, 1.165) is 6.54 Å². The molecule has 0 atom stereocenters. The molecule has 0 aromatic carbocycles. The molecule has 0 unspecified atom stereocenters. The van der Waals surface area contributed by atoms with Gasteiger partial charge in [-0.25, -0.2) is 0 Å². The lowest BCUT2D eigenvalue weighted by atomic mass is 9.73. The Morgan fingerprint density at radius 1 is 1.31 bits per heavy atom. The van der Waals surface area contributed by atoms with E-state index in [1.54, 1.807) is 0 Å². The molecule has 13 heavy (non-hydrogen) atoms. The predicted octanol–water partition coefficient (Wildman–Crippen LogP) is 0.00630. The summed E-state index contributed by atoms with van der Waals surface area (Å²) < 4.78 is 0. The molecule has 2 aliphatic rings. The van der Waals surface area contributed by atoms with Crippen molar-refractivity contribution in [2.45, 2.75) is 12.8 Å². The number of likely N-dealkylation sites (tertiary alicyclic amines) is 2. The Kier molecular flexibility index (Phi) is 2.58. The van der Waals surface area contributed by atoms with Gasteiger partial charge in [0.2, 0.25) is 0 Å². The normalized spacial score (nSPS) is 29.1. The highest BCUT2D eigenvalue weighted by Crippen LogP contribution is 2.37. The third kappa shape index (κ3) is 1.87. The van der Waals surface area contributed by atoms with E-state index in [1.165, 1.54) is 39.0 Å². The van der Waals surface area contributed by atoms with Crippen molar-refractivity contribution in [3.8, 4) is 0 Å². The number of aliphatic hydroxyl groups excluding tert-OH is 1. The Morgan fingerprint density at radius 3 is 2.69 bits per heavy atom. The van der Waals surface area contributed by atoms with Gasteiger partial charge < -0.3 is 14.9 Å². The van der Waals surface area contributed by atoms with Crippen LogP contribution in [0, 0.1) is 5.41 Å². The number of piperidine rings is 1. The lowest BCUT2D eigenvalue weighted by molar-refractivity contribution is -0.0428. The summed E-state index contributed by atoms with van der Waals surface area (Å²) in [6.45, 7) is 6.09. The van der Waals surface area contributed by atoms with Crippen molar-refractivity contribution in [1.29, 1.82) is 0 Å². The van der Waals surface area contributed by atoms with Crippen LogP contribution in [-0.4, -0.2) is 61.3 Å². The summed E-state index contributed by atoms with van der Waals surface area (Å²) in [6, 6.07) is 0. The van der Waals surface area contributed by atoms with Gasteiger partial charge in [0, 0.05) is 31.6 Å². The molecule has 0 aliphatic carbocycles. The number of aliphatic hydroxyl groups is 1. The van der Waals surface area contributed by atoms with E-state index in [-0.39, 0.29) is 0 Å². The maximum absolute atomic E-state index is 8.88. The van der Waals surface area contributed by atoms with Gasteiger partial charge in [-0.15, -0.1) is 0 Å². The number of rotatable bonds is 2. The first-order chi connectivity index (χ1) is 6.24. The molecule has 2 saturated heterocycles. The molecular weight excluding hydrogens is 164 g/mol. The summed E-state index contributed by atoms with van der Waals surface area (Å²) in [4.78, 5) is 4.80. The zero-order valence-corrected chi connectivity index (χ0v) is 8.50. The molecule has 0 bridgehead atoms. The van der Waals surface area contributed by atoms with E-state index in [9.17, 15) is 0 Å². The van der Waals surface area contributed by atoms with Crippen LogP contribution in [0.4, 0.5) is 0 Å². The Hall–Kier alpha value is -0.120. The second-order valence-electron chi connectivity index (χ2n) is 4.78. The second-order valence-corrected chi connectivity index (χ2v) is 4.78. The monoisotopic (exact) mass is 184 g/mol. The largest absolute Gasteiger partial charge is 0.395 e. The number of β-amino-alcohol motifs (C(OH)–C–C–N with tert-alkyl or cyclic N) is 1. The highest BCUT2D eigenvalue weighted by molar-refractivity contribution is 4.97. The van der Waals surface area contributed by atoms with Crippen LogP contribution in [-0.2, 0) is 0 Å². The Labute approximate surface area is 80.3 Å². The van der Waals surface area contributed by atoms with E-state index < -0.39 is 0 Å². The summed E-state index contributed by atoms with van der Waals surface area (Å²) in [5.74, 6) is 0. The van der Waals surface area contributed by atoms with E-state index in [4.69, 9.17) is 5.11 Å². The van der Waals surface area contributed by atoms with Gasteiger partial charge in [0.1, 0.15) is 0 Å². The number of hydrogen-bond donors (Lipinski definition) is 1. The van der Waals surface area contributed by atoms with Crippen molar-refractivity contribution in [3.63, 3.8) is 0 Å². The van der Waals surface area contributed by atoms with Crippen LogP contribution in [0.15, 0.2) is 0 Å². The molecule has 0 amide bonds. The minimum Gasteiger partial charge on any atom is -0.395 e. The Balaban J connectivity index is 1.86. The molecule has 0 saturated carbocycles. The molecule has 2 fully saturated rings. The summed E-state index contributed by atoms with van der Waals surface area (Å²) in [6.07, 6.45) is 2.70. The lowest BCUT2D eigenvalue weighted by Crippen LogP contribution is -2.61. The fourth-order valence-electron chi connectivity index (χ4n) is 3.00. The molecule has 0 aromatic heterocycles. The SMILES string of the molecule is CN1CC2(CCCN(CCO)C2)C1. The molecule has 3 heteroatoms. The third-order valence-corrected chi connectivity index (χ3v) is 3.37. The van der Waals surface area contributed by atoms with Crippen LogP contribution < -0.4 is 0 Å². The van der Waals surface area contributed by atoms with Crippen LogP contribution >= 0.6 is 0 Å². The average molecular weight is 184 g/mol. The van der Waals surface area contributed by atoms with E-state index in [0.29, 0.717) is 12.0 Å². The van der Waals surface area contributed by atoms with Crippen molar-refractivity contribution < 1.29 is 5.11 Å². The summed E-state index contributed by atoms with van der Waals surface area (Å²) in [5, 5.41) is 8.88. The smallest absolute Gasteiger partial charge is 0.0558 e. The lowest BCUT2D eigenvalue weighted by Gasteiger charge is -2.53. The molecule has 2 aliphatic heterocycles. The molecule has 1 spiro atoms. The summed E-state index contributed by atoms with van der Waals surface area (Å²) in [7, 11) is 2.19. The first kappa shape index (κ1) is 9.44. The van der Waals surface area contributed by atoms with Gasteiger partial charge in [-0.3, -0.25) is 0 Å². The van der Waals surface area contributed by atoms with Crippen LogP contribution in [0.25, 0.3) is 0 Å². The molecule has 76 valence electrons. The van der Waals surface area contributed by atoms with E-state index in [1.807, 2.05) is 0 Å². The van der Waals surface area contributed by atoms with Gasteiger partial charge in [0.25, 0.3) is 0 Å². The van der Waals surface area contributed by atoms with Crippen molar-refractivity contribution in [2.75, 3.05) is 46.4 Å². The third-order valence-electron chi connectivity index (χ3n) is 3.37. The van der Waals surface area contributed by atoms with Gasteiger partial charge in [0.15, 0.2) is 0 Å².